The van der Waals surface area contributed by atoms with E-state index < -0.39 is 11.7 Å². The highest BCUT2D eigenvalue weighted by Crippen LogP contribution is 2.29. The molecule has 3 aromatic carbocycles. The van der Waals surface area contributed by atoms with Gasteiger partial charge in [-0.05, 0) is 47.6 Å². The van der Waals surface area contributed by atoms with Gasteiger partial charge in [0.2, 0.25) is 0 Å². The van der Waals surface area contributed by atoms with Crippen LogP contribution in [0.2, 0.25) is 0 Å². The van der Waals surface area contributed by atoms with Crippen LogP contribution in [0.3, 0.4) is 0 Å². The number of alkyl halides is 3. The first kappa shape index (κ1) is 19.9. The minimum Gasteiger partial charge on any atom is -0.340 e. The van der Waals surface area contributed by atoms with Crippen molar-refractivity contribution in [3.63, 3.8) is 0 Å². The third-order valence-electron chi connectivity index (χ3n) is 4.18. The molecular weight excluding hydrogens is 381 g/mol. The molecule has 0 atom stereocenters. The zero-order valence-electron chi connectivity index (χ0n) is 15.0. The molecule has 6 heteroatoms. The molecule has 0 heterocycles. The number of thiocarbonyl (C=S) groups is 1. The van der Waals surface area contributed by atoms with E-state index in [-0.39, 0.29) is 0 Å². The number of nitrogens with one attached hydrogen (secondary N) is 1. The van der Waals surface area contributed by atoms with E-state index in [1.807, 2.05) is 65.6 Å². The van der Waals surface area contributed by atoms with Crippen LogP contribution < -0.4 is 5.32 Å². The summed E-state index contributed by atoms with van der Waals surface area (Å²) in [5, 5.41) is 3.50. The molecule has 0 unspecified atom stereocenters. The maximum atomic E-state index is 12.7. The quantitative estimate of drug-likeness (QED) is 0.521. The van der Waals surface area contributed by atoms with Crippen molar-refractivity contribution >= 4 is 23.0 Å². The van der Waals surface area contributed by atoms with E-state index in [1.165, 1.54) is 12.1 Å². The summed E-state index contributed by atoms with van der Waals surface area (Å²) in [6.45, 7) is 1.17. The molecule has 144 valence electrons. The van der Waals surface area contributed by atoms with Gasteiger partial charge in [0, 0.05) is 18.8 Å². The number of rotatable bonds is 5. The second-order valence-electron chi connectivity index (χ2n) is 6.33. The van der Waals surface area contributed by atoms with Gasteiger partial charge in [0.15, 0.2) is 5.11 Å². The number of halogens is 3. The van der Waals surface area contributed by atoms with Crippen molar-refractivity contribution in [3.05, 3.63) is 102 Å². The first-order chi connectivity index (χ1) is 13.4. The maximum Gasteiger partial charge on any atom is 0.416 e. The predicted octanol–water partition coefficient (Wildman–Crippen LogP) is 6.10. The van der Waals surface area contributed by atoms with Crippen LogP contribution in [0.25, 0.3) is 0 Å². The molecule has 3 rings (SSSR count). The Morgan fingerprint density at radius 3 is 1.64 bits per heavy atom. The van der Waals surface area contributed by atoms with E-state index in [2.05, 4.69) is 5.32 Å². The van der Waals surface area contributed by atoms with Gasteiger partial charge in [0.25, 0.3) is 0 Å². The van der Waals surface area contributed by atoms with E-state index in [0.717, 1.165) is 23.3 Å². The molecule has 0 aliphatic heterocycles. The molecular formula is C22H19F3N2S. The molecule has 0 amide bonds. The van der Waals surface area contributed by atoms with Crippen molar-refractivity contribution in [2.24, 2.45) is 0 Å². The Bertz CT molecular complexity index is 853. The highest BCUT2D eigenvalue weighted by atomic mass is 32.1. The first-order valence-corrected chi connectivity index (χ1v) is 9.14. The zero-order chi connectivity index (χ0) is 20.0. The smallest absolute Gasteiger partial charge is 0.340 e. The molecule has 3 aromatic rings. The minimum atomic E-state index is -4.36. The lowest BCUT2D eigenvalue weighted by molar-refractivity contribution is -0.137. The van der Waals surface area contributed by atoms with Gasteiger partial charge in [-0.25, -0.2) is 0 Å². The third-order valence-corrected chi connectivity index (χ3v) is 4.54. The average Bonchev–Trinajstić information content (AvgIpc) is 2.69. The standard InChI is InChI=1S/C22H19F3N2S/c23-22(24,25)19-11-13-20(14-12-19)26-21(28)27(15-17-7-3-1-4-8-17)16-18-9-5-2-6-10-18/h1-14H,15-16H2,(H,26,28). The van der Waals surface area contributed by atoms with Crippen molar-refractivity contribution in [1.82, 2.24) is 4.90 Å². The Hall–Kier alpha value is -2.86. The molecule has 0 aliphatic rings. The summed E-state index contributed by atoms with van der Waals surface area (Å²) < 4.78 is 38.2. The van der Waals surface area contributed by atoms with Crippen molar-refractivity contribution in [2.75, 3.05) is 5.32 Å². The van der Waals surface area contributed by atoms with Gasteiger partial charge in [-0.1, -0.05) is 60.7 Å². The predicted molar refractivity (Wildman–Crippen MR) is 110 cm³/mol. The lowest BCUT2D eigenvalue weighted by Gasteiger charge is -2.26. The molecule has 0 aromatic heterocycles. The molecule has 0 fully saturated rings. The van der Waals surface area contributed by atoms with E-state index in [1.54, 1.807) is 0 Å². The Kier molecular flexibility index (Phi) is 6.31. The second-order valence-corrected chi connectivity index (χ2v) is 6.72. The molecule has 0 spiro atoms. The molecule has 1 N–H and O–H groups in total. The van der Waals surface area contributed by atoms with Crippen LogP contribution in [0, 0.1) is 0 Å². The average molecular weight is 400 g/mol. The number of hydrogen-bond acceptors (Lipinski definition) is 1. The molecule has 0 radical (unpaired) electrons. The van der Waals surface area contributed by atoms with E-state index >= 15 is 0 Å². The highest BCUT2D eigenvalue weighted by molar-refractivity contribution is 7.80. The SMILES string of the molecule is FC(F)(F)c1ccc(NC(=S)N(Cc2ccccc2)Cc2ccccc2)cc1. The van der Waals surface area contributed by atoms with Gasteiger partial charge in [-0.3, -0.25) is 0 Å². The first-order valence-electron chi connectivity index (χ1n) is 8.73. The van der Waals surface area contributed by atoms with Gasteiger partial charge < -0.3 is 10.2 Å². The normalized spacial score (nSPS) is 11.1. The van der Waals surface area contributed by atoms with Crippen molar-refractivity contribution in [2.45, 2.75) is 19.3 Å². The number of benzene rings is 3. The summed E-state index contributed by atoms with van der Waals surface area (Å²) in [5.41, 5.74) is 2.02. The van der Waals surface area contributed by atoms with Crippen LogP contribution in [0.5, 0.6) is 0 Å². The highest BCUT2D eigenvalue weighted by Gasteiger charge is 2.30. The zero-order valence-corrected chi connectivity index (χ0v) is 15.8. The fourth-order valence-electron chi connectivity index (χ4n) is 2.75. The Labute approximate surface area is 167 Å². The van der Waals surface area contributed by atoms with Crippen LogP contribution in [0.4, 0.5) is 18.9 Å². The summed E-state index contributed by atoms with van der Waals surface area (Å²) in [6.07, 6.45) is -4.36. The lowest BCUT2D eigenvalue weighted by atomic mass is 10.1. The summed E-state index contributed by atoms with van der Waals surface area (Å²) >= 11 is 5.55. The van der Waals surface area contributed by atoms with E-state index in [0.29, 0.717) is 23.9 Å². The third kappa shape index (κ3) is 5.57. The van der Waals surface area contributed by atoms with Gasteiger partial charge in [0.1, 0.15) is 0 Å². The van der Waals surface area contributed by atoms with Crippen LogP contribution >= 0.6 is 12.2 Å². The van der Waals surface area contributed by atoms with Crippen molar-refractivity contribution in [3.8, 4) is 0 Å². The summed E-state index contributed by atoms with van der Waals surface area (Å²) in [7, 11) is 0. The summed E-state index contributed by atoms with van der Waals surface area (Å²) in [5.74, 6) is 0. The molecule has 0 saturated carbocycles. The Morgan fingerprint density at radius 1 is 0.750 bits per heavy atom. The second kappa shape index (κ2) is 8.89. The fraction of sp³-hybridized carbons (Fsp3) is 0.136. The van der Waals surface area contributed by atoms with E-state index in [9.17, 15) is 13.2 Å². The van der Waals surface area contributed by atoms with Crippen molar-refractivity contribution < 1.29 is 13.2 Å². The van der Waals surface area contributed by atoms with Gasteiger partial charge >= 0.3 is 6.18 Å². The van der Waals surface area contributed by atoms with E-state index in [4.69, 9.17) is 12.2 Å². The molecule has 2 nitrogen and oxygen atoms in total. The van der Waals surface area contributed by atoms with Crippen LogP contribution in [0.1, 0.15) is 16.7 Å². The van der Waals surface area contributed by atoms with Crippen LogP contribution in [0.15, 0.2) is 84.9 Å². The fourth-order valence-corrected chi connectivity index (χ4v) is 3.00. The number of nitrogens with zero attached hydrogens (tertiary/aromatic N) is 1. The van der Waals surface area contributed by atoms with Gasteiger partial charge in [-0.2, -0.15) is 13.2 Å². The molecule has 0 aliphatic carbocycles. The largest absolute Gasteiger partial charge is 0.416 e. The summed E-state index contributed by atoms with van der Waals surface area (Å²) in [6, 6.07) is 24.7. The number of hydrogen-bond donors (Lipinski definition) is 1. The molecule has 0 saturated heterocycles. The summed E-state index contributed by atoms with van der Waals surface area (Å²) in [4.78, 5) is 1.98. The number of anilines is 1. The molecule has 28 heavy (non-hydrogen) atoms. The van der Waals surface area contributed by atoms with Crippen LogP contribution in [-0.4, -0.2) is 10.0 Å². The molecule has 0 bridgehead atoms. The lowest BCUT2D eigenvalue weighted by Crippen LogP contribution is -2.33. The Balaban J connectivity index is 1.75. The topological polar surface area (TPSA) is 15.3 Å². The Morgan fingerprint density at radius 2 is 1.21 bits per heavy atom. The van der Waals surface area contributed by atoms with Crippen LogP contribution in [-0.2, 0) is 19.3 Å². The maximum absolute atomic E-state index is 12.7. The minimum absolute atomic E-state index is 0.451. The monoisotopic (exact) mass is 400 g/mol. The van der Waals surface area contributed by atoms with Gasteiger partial charge in [-0.15, -0.1) is 0 Å². The van der Waals surface area contributed by atoms with Crippen molar-refractivity contribution in [1.29, 1.82) is 0 Å². The van der Waals surface area contributed by atoms with Gasteiger partial charge in [0.05, 0.1) is 5.56 Å².